The van der Waals surface area contributed by atoms with Gasteiger partial charge in [0.05, 0.1) is 17.9 Å². The van der Waals surface area contributed by atoms with Crippen LogP contribution in [0.4, 0.5) is 0 Å². The summed E-state index contributed by atoms with van der Waals surface area (Å²) in [6, 6.07) is 7.33. The number of sulfonamides is 1. The molecule has 0 fully saturated rings. The summed E-state index contributed by atoms with van der Waals surface area (Å²) in [4.78, 5) is 14.2. The number of fused-ring (bicyclic) bond motifs is 2. The summed E-state index contributed by atoms with van der Waals surface area (Å²) in [5.74, 6) is 0.988. The van der Waals surface area contributed by atoms with Crippen LogP contribution in [0.25, 0.3) is 0 Å². The molecule has 26 heavy (non-hydrogen) atoms. The van der Waals surface area contributed by atoms with Crippen LogP contribution in [0.1, 0.15) is 0 Å². The molecule has 3 aliphatic heterocycles. The number of amides is 1. The van der Waals surface area contributed by atoms with Crippen LogP contribution in [0.2, 0.25) is 0 Å². The third kappa shape index (κ3) is 3.30. The van der Waals surface area contributed by atoms with E-state index < -0.39 is 15.9 Å². The maximum absolute atomic E-state index is 12.5. The lowest BCUT2D eigenvalue weighted by Gasteiger charge is -2.29. The number of nitrogens with zero attached hydrogens (tertiary/aromatic N) is 2. The second-order valence-corrected chi connectivity index (χ2v) is 7.78. The summed E-state index contributed by atoms with van der Waals surface area (Å²) >= 11 is 0. The molecule has 0 aliphatic carbocycles. The van der Waals surface area contributed by atoms with Crippen molar-refractivity contribution >= 4 is 21.8 Å². The van der Waals surface area contributed by atoms with Crippen molar-refractivity contribution in [3.05, 3.63) is 48.2 Å². The van der Waals surface area contributed by atoms with Crippen LogP contribution >= 0.6 is 0 Å². The third-order valence-electron chi connectivity index (χ3n) is 4.16. The molecule has 0 saturated carbocycles. The van der Waals surface area contributed by atoms with Gasteiger partial charge in [0.1, 0.15) is 12.7 Å². The molecule has 1 aromatic carbocycles. The summed E-state index contributed by atoms with van der Waals surface area (Å²) in [5, 5.41) is 2.76. The summed E-state index contributed by atoms with van der Waals surface area (Å²) in [6.07, 6.45) is 4.63. The molecule has 9 heteroatoms. The van der Waals surface area contributed by atoms with Gasteiger partial charge in [0.25, 0.3) is 15.9 Å². The topological polar surface area (TPSA) is 97.3 Å². The molecule has 0 bridgehead atoms. The minimum absolute atomic E-state index is 0.0671. The number of rotatable bonds is 3. The number of hydrogen-bond donors (Lipinski definition) is 1. The molecule has 3 aliphatic rings. The van der Waals surface area contributed by atoms with E-state index in [1.54, 1.807) is 29.3 Å². The Kier molecular flexibility index (Phi) is 4.15. The van der Waals surface area contributed by atoms with Gasteiger partial charge in [-0.25, -0.2) is 8.42 Å². The lowest BCUT2D eigenvalue weighted by molar-refractivity contribution is -0.117. The molecule has 0 saturated heterocycles. The zero-order chi connectivity index (χ0) is 18.1. The van der Waals surface area contributed by atoms with E-state index in [9.17, 15) is 13.2 Å². The van der Waals surface area contributed by atoms with Crippen LogP contribution in [-0.4, -0.2) is 56.6 Å². The van der Waals surface area contributed by atoms with Crippen LogP contribution in [0.5, 0.6) is 11.5 Å². The Bertz CT molecular complexity index is 935. The quantitative estimate of drug-likeness (QED) is 0.823. The van der Waals surface area contributed by atoms with Gasteiger partial charge < -0.3 is 19.7 Å². The number of amidine groups is 1. The number of benzene rings is 1. The first-order valence-corrected chi connectivity index (χ1v) is 9.77. The third-order valence-corrected chi connectivity index (χ3v) is 5.31. The second-order valence-electron chi connectivity index (χ2n) is 6.02. The first-order valence-electron chi connectivity index (χ1n) is 8.17. The average molecular weight is 375 g/mol. The summed E-state index contributed by atoms with van der Waals surface area (Å²) in [5.41, 5.74) is 0.216. The number of carbonyl (C=O) groups is 1. The van der Waals surface area contributed by atoms with Gasteiger partial charge in [-0.3, -0.25) is 4.79 Å². The van der Waals surface area contributed by atoms with Gasteiger partial charge in [-0.05, 0) is 24.3 Å². The van der Waals surface area contributed by atoms with E-state index in [2.05, 4.69) is 9.71 Å². The smallest absolute Gasteiger partial charge is 0.256 e. The van der Waals surface area contributed by atoms with Crippen molar-refractivity contribution < 1.29 is 22.7 Å². The first-order chi connectivity index (χ1) is 12.5. The first kappa shape index (κ1) is 16.6. The lowest BCUT2D eigenvalue weighted by atomic mass is 10.1. The number of para-hydroxylation sites is 2. The Balaban J connectivity index is 1.43. The Hall–Kier alpha value is -2.81. The normalized spacial score (nSPS) is 22.8. The van der Waals surface area contributed by atoms with E-state index in [-0.39, 0.29) is 36.4 Å². The van der Waals surface area contributed by atoms with E-state index in [1.807, 2.05) is 18.2 Å². The van der Waals surface area contributed by atoms with Gasteiger partial charge in [0, 0.05) is 12.7 Å². The van der Waals surface area contributed by atoms with Crippen LogP contribution in [0, 0.1) is 0 Å². The van der Waals surface area contributed by atoms with Crippen molar-refractivity contribution in [1.29, 1.82) is 0 Å². The van der Waals surface area contributed by atoms with Crippen LogP contribution in [0.3, 0.4) is 0 Å². The molecule has 0 radical (unpaired) electrons. The highest BCUT2D eigenvalue weighted by atomic mass is 32.2. The Morgan fingerprint density at radius 1 is 1.31 bits per heavy atom. The SMILES string of the molecule is O=C(NC[C@@H]1COc2ccccc2O1)C1=CC=CN2CCS(=O)(=O)N=C12. The monoisotopic (exact) mass is 375 g/mol. The highest BCUT2D eigenvalue weighted by molar-refractivity contribution is 7.90. The zero-order valence-corrected chi connectivity index (χ0v) is 14.6. The fourth-order valence-electron chi connectivity index (χ4n) is 2.86. The standard InChI is InChI=1S/C17H17N3O5S/c21-17(13-4-3-7-20-8-9-26(22,23)19-16(13)20)18-10-12-11-24-14-5-1-2-6-15(14)25-12/h1-7,12H,8-11H2,(H,18,21)/t12-/m1/s1. The molecule has 1 aromatic rings. The van der Waals surface area contributed by atoms with E-state index in [4.69, 9.17) is 9.47 Å². The van der Waals surface area contributed by atoms with Crippen molar-refractivity contribution in [1.82, 2.24) is 10.2 Å². The average Bonchev–Trinajstić information content (AvgIpc) is 2.64. The minimum atomic E-state index is -3.54. The van der Waals surface area contributed by atoms with Crippen molar-refractivity contribution in [3.63, 3.8) is 0 Å². The van der Waals surface area contributed by atoms with Gasteiger partial charge in [-0.2, -0.15) is 0 Å². The van der Waals surface area contributed by atoms with Crippen molar-refractivity contribution in [2.75, 3.05) is 25.4 Å². The molecular weight excluding hydrogens is 358 g/mol. The van der Waals surface area contributed by atoms with Crippen LogP contribution in [0.15, 0.2) is 52.6 Å². The predicted octanol–water partition coefficient (Wildman–Crippen LogP) is 0.440. The molecule has 136 valence electrons. The Morgan fingerprint density at radius 2 is 2.12 bits per heavy atom. The number of ether oxygens (including phenoxy) is 2. The maximum atomic E-state index is 12.5. The van der Waals surface area contributed by atoms with Gasteiger partial charge in [-0.1, -0.05) is 12.1 Å². The molecule has 1 amide bonds. The molecule has 8 nitrogen and oxygen atoms in total. The molecule has 1 atom stereocenters. The molecule has 0 aromatic heterocycles. The van der Waals surface area contributed by atoms with E-state index >= 15 is 0 Å². The summed E-state index contributed by atoms with van der Waals surface area (Å²) < 4.78 is 38.7. The second kappa shape index (κ2) is 6.49. The van der Waals surface area contributed by atoms with E-state index in [0.717, 1.165) is 0 Å². The largest absolute Gasteiger partial charge is 0.486 e. The molecule has 0 spiro atoms. The summed E-state index contributed by atoms with van der Waals surface area (Å²) in [6.45, 7) is 0.824. The van der Waals surface area contributed by atoms with Gasteiger partial charge >= 0.3 is 0 Å². The maximum Gasteiger partial charge on any atom is 0.256 e. The number of allylic oxidation sites excluding steroid dienone is 2. The number of nitrogens with one attached hydrogen (secondary N) is 1. The highest BCUT2D eigenvalue weighted by Gasteiger charge is 2.30. The van der Waals surface area contributed by atoms with Crippen molar-refractivity contribution in [3.8, 4) is 11.5 Å². The van der Waals surface area contributed by atoms with Gasteiger partial charge in [0.15, 0.2) is 17.3 Å². The fraction of sp³-hybridized carbons (Fsp3) is 0.294. The fourth-order valence-corrected chi connectivity index (χ4v) is 3.84. The van der Waals surface area contributed by atoms with Gasteiger partial charge in [-0.15, -0.1) is 4.40 Å². The molecule has 4 rings (SSSR count). The van der Waals surface area contributed by atoms with Crippen molar-refractivity contribution in [2.24, 2.45) is 4.40 Å². The zero-order valence-electron chi connectivity index (χ0n) is 13.8. The number of hydrogen-bond acceptors (Lipinski definition) is 6. The van der Waals surface area contributed by atoms with E-state index in [1.165, 1.54) is 0 Å². The molecule has 1 N–H and O–H groups in total. The lowest BCUT2D eigenvalue weighted by Crippen LogP contribution is -2.45. The Morgan fingerprint density at radius 3 is 2.96 bits per heavy atom. The summed E-state index contributed by atoms with van der Waals surface area (Å²) in [7, 11) is -3.54. The van der Waals surface area contributed by atoms with Crippen molar-refractivity contribution in [2.45, 2.75) is 6.10 Å². The van der Waals surface area contributed by atoms with Gasteiger partial charge in [0.2, 0.25) is 0 Å². The number of carbonyl (C=O) groups excluding carboxylic acids is 1. The minimum Gasteiger partial charge on any atom is -0.486 e. The Labute approximate surface area is 150 Å². The van der Waals surface area contributed by atoms with E-state index in [0.29, 0.717) is 18.1 Å². The highest BCUT2D eigenvalue weighted by Crippen LogP contribution is 2.30. The molecule has 0 unspecified atom stereocenters. The van der Waals surface area contributed by atoms with Crippen LogP contribution in [-0.2, 0) is 14.8 Å². The van der Waals surface area contributed by atoms with Crippen LogP contribution < -0.4 is 14.8 Å². The molecular formula is C17H17N3O5S. The molecule has 3 heterocycles. The predicted molar refractivity (Wildman–Crippen MR) is 94.5 cm³/mol.